The van der Waals surface area contributed by atoms with E-state index >= 15 is 0 Å². The maximum Gasteiger partial charge on any atom is 0.133 e. The van der Waals surface area contributed by atoms with Gasteiger partial charge in [0.1, 0.15) is 16.8 Å². The lowest BCUT2D eigenvalue weighted by molar-refractivity contribution is 0.0189. The zero-order chi connectivity index (χ0) is 13.6. The molecule has 5 heterocycles. The lowest BCUT2D eigenvalue weighted by Gasteiger charge is -2.52. The number of piperidine rings is 3. The molecule has 0 amide bonds. The molecule has 2 bridgehead atoms. The second kappa shape index (κ2) is 4.64. The van der Waals surface area contributed by atoms with Crippen LogP contribution in [0.25, 0.3) is 0 Å². The Labute approximate surface area is 124 Å². The van der Waals surface area contributed by atoms with Gasteiger partial charge in [0.05, 0.1) is 5.54 Å². The molecule has 0 unspecified atom stereocenters. The first kappa shape index (κ1) is 12.5. The summed E-state index contributed by atoms with van der Waals surface area (Å²) in [5, 5.41) is 7.60. The Bertz CT molecular complexity index is 551. The van der Waals surface area contributed by atoms with Gasteiger partial charge in [-0.15, -0.1) is 0 Å². The van der Waals surface area contributed by atoms with Crippen molar-refractivity contribution in [1.82, 2.24) is 15.2 Å². The van der Waals surface area contributed by atoms with Crippen molar-refractivity contribution < 1.29 is 0 Å². The molecule has 1 atom stereocenters. The Hall–Kier alpha value is -1.26. The van der Waals surface area contributed by atoms with Crippen LogP contribution in [0.3, 0.4) is 0 Å². The summed E-state index contributed by atoms with van der Waals surface area (Å²) in [5.41, 5.74) is 0.247. The van der Waals surface area contributed by atoms with Crippen molar-refractivity contribution in [3.8, 4) is 0 Å². The van der Waals surface area contributed by atoms with Crippen molar-refractivity contribution in [2.75, 3.05) is 25.0 Å². The summed E-state index contributed by atoms with van der Waals surface area (Å²) >= 11 is 5.93. The average Bonchev–Trinajstić information content (AvgIpc) is 2.83. The molecule has 4 aliphatic rings. The molecule has 3 fully saturated rings. The molecular weight excluding hydrogens is 272 g/mol. The third kappa shape index (κ3) is 2.07. The number of nitrogens with one attached hydrogen (secondary N) is 2. The van der Waals surface area contributed by atoms with Gasteiger partial charge in [0.25, 0.3) is 0 Å². The van der Waals surface area contributed by atoms with Crippen LogP contribution in [0.4, 0.5) is 5.82 Å². The molecule has 4 aliphatic heterocycles. The number of pyridine rings is 1. The van der Waals surface area contributed by atoms with Gasteiger partial charge in [-0.3, -0.25) is 0 Å². The molecular formula is C15H19ClN4. The molecule has 0 aliphatic carbocycles. The van der Waals surface area contributed by atoms with E-state index in [9.17, 15) is 0 Å². The minimum atomic E-state index is 0.247. The lowest BCUT2D eigenvalue weighted by Crippen LogP contribution is -2.64. The van der Waals surface area contributed by atoms with Crippen molar-refractivity contribution in [2.24, 2.45) is 5.92 Å². The smallest absolute Gasteiger partial charge is 0.133 e. The molecule has 20 heavy (non-hydrogen) atoms. The van der Waals surface area contributed by atoms with Crippen molar-refractivity contribution in [1.29, 1.82) is 0 Å². The Kier molecular flexibility index (Phi) is 2.89. The number of nitrogens with zero attached hydrogens (tertiary/aromatic N) is 2. The molecule has 5 heteroatoms. The van der Waals surface area contributed by atoms with Crippen LogP contribution in [0.2, 0.25) is 5.15 Å². The third-order valence-electron chi connectivity index (χ3n) is 4.91. The van der Waals surface area contributed by atoms with Gasteiger partial charge in [0.2, 0.25) is 0 Å². The van der Waals surface area contributed by atoms with Crippen LogP contribution in [0.5, 0.6) is 0 Å². The molecule has 0 saturated carbocycles. The van der Waals surface area contributed by atoms with Crippen LogP contribution in [0.1, 0.15) is 19.3 Å². The van der Waals surface area contributed by atoms with Crippen LogP contribution < -0.4 is 10.6 Å². The van der Waals surface area contributed by atoms with Crippen molar-refractivity contribution in [3.05, 3.63) is 35.2 Å². The first-order valence-electron chi connectivity index (χ1n) is 7.34. The highest BCUT2D eigenvalue weighted by molar-refractivity contribution is 6.29. The summed E-state index contributed by atoms with van der Waals surface area (Å²) in [5.74, 6) is 2.68. The number of aromatic nitrogens is 1. The maximum absolute atomic E-state index is 5.93. The summed E-state index contributed by atoms with van der Waals surface area (Å²) in [6.07, 6.45) is 6.02. The molecule has 4 nitrogen and oxygen atoms in total. The highest BCUT2D eigenvalue weighted by atomic mass is 35.5. The maximum atomic E-state index is 5.93. The van der Waals surface area contributed by atoms with Crippen LogP contribution in [0, 0.1) is 5.92 Å². The van der Waals surface area contributed by atoms with E-state index in [4.69, 9.17) is 11.6 Å². The Balaban J connectivity index is 1.48. The molecule has 1 spiro atoms. The molecule has 0 radical (unpaired) electrons. The van der Waals surface area contributed by atoms with E-state index in [1.54, 1.807) is 6.07 Å². The highest BCUT2D eigenvalue weighted by Crippen LogP contribution is 2.41. The minimum absolute atomic E-state index is 0.247. The third-order valence-corrected chi connectivity index (χ3v) is 5.12. The summed E-state index contributed by atoms with van der Waals surface area (Å²) in [6, 6.07) is 5.64. The predicted molar refractivity (Wildman–Crippen MR) is 80.6 cm³/mol. The monoisotopic (exact) mass is 290 g/mol. The topological polar surface area (TPSA) is 40.2 Å². The minimum Gasteiger partial charge on any atom is -0.365 e. The first-order valence-corrected chi connectivity index (χ1v) is 7.72. The summed E-state index contributed by atoms with van der Waals surface area (Å²) in [4.78, 5) is 6.87. The number of halogens is 1. The van der Waals surface area contributed by atoms with Crippen molar-refractivity contribution in [2.45, 2.75) is 24.8 Å². The van der Waals surface area contributed by atoms with E-state index in [-0.39, 0.29) is 5.54 Å². The zero-order valence-electron chi connectivity index (χ0n) is 11.4. The van der Waals surface area contributed by atoms with E-state index in [1.165, 1.54) is 32.5 Å². The summed E-state index contributed by atoms with van der Waals surface area (Å²) < 4.78 is 0. The van der Waals surface area contributed by atoms with Gasteiger partial charge in [-0.1, -0.05) is 17.7 Å². The number of fused-ring (bicyclic) bond motifs is 2. The second-order valence-corrected chi connectivity index (χ2v) is 6.51. The quantitative estimate of drug-likeness (QED) is 0.821. The lowest BCUT2D eigenvalue weighted by atomic mass is 9.72. The largest absolute Gasteiger partial charge is 0.365 e. The second-order valence-electron chi connectivity index (χ2n) is 6.12. The number of hydrogen-bond donors (Lipinski definition) is 2. The van der Waals surface area contributed by atoms with Gasteiger partial charge in [-0.25, -0.2) is 4.98 Å². The molecule has 5 rings (SSSR count). The SMILES string of the molecule is Clc1cccc(NC2=CC[C@@]3(CN4CCC3CC4)N2)n1. The van der Waals surface area contributed by atoms with E-state index < -0.39 is 0 Å². The van der Waals surface area contributed by atoms with Crippen LogP contribution in [-0.4, -0.2) is 35.1 Å². The summed E-state index contributed by atoms with van der Waals surface area (Å²) in [7, 11) is 0. The van der Waals surface area contributed by atoms with Crippen LogP contribution >= 0.6 is 11.6 Å². The Morgan fingerprint density at radius 3 is 2.90 bits per heavy atom. The molecule has 3 saturated heterocycles. The van der Waals surface area contributed by atoms with Crippen molar-refractivity contribution in [3.63, 3.8) is 0 Å². The van der Waals surface area contributed by atoms with Gasteiger partial charge in [0.15, 0.2) is 0 Å². The molecule has 106 valence electrons. The van der Waals surface area contributed by atoms with Gasteiger partial charge in [-0.2, -0.15) is 0 Å². The Morgan fingerprint density at radius 1 is 1.35 bits per heavy atom. The normalized spacial score (nSPS) is 35.0. The Morgan fingerprint density at radius 2 is 2.20 bits per heavy atom. The summed E-state index contributed by atoms with van der Waals surface area (Å²) in [6.45, 7) is 3.71. The fourth-order valence-corrected chi connectivity index (χ4v) is 4.06. The predicted octanol–water partition coefficient (Wildman–Crippen LogP) is 2.45. The van der Waals surface area contributed by atoms with Crippen molar-refractivity contribution >= 4 is 17.4 Å². The van der Waals surface area contributed by atoms with E-state index in [2.05, 4.69) is 26.6 Å². The number of anilines is 1. The van der Waals surface area contributed by atoms with E-state index in [0.717, 1.165) is 24.0 Å². The fourth-order valence-electron chi connectivity index (χ4n) is 3.90. The molecule has 1 aromatic heterocycles. The van der Waals surface area contributed by atoms with Gasteiger partial charge in [-0.05, 0) is 56.5 Å². The average molecular weight is 291 g/mol. The standard InChI is InChI=1S/C15H19ClN4/c16-12-2-1-3-13(17-12)18-14-4-7-15(19-14)10-20-8-5-11(15)6-9-20/h1-4,11,19H,5-10H2,(H,17,18)/t15-/m0/s1. The molecule has 2 N–H and O–H groups in total. The highest BCUT2D eigenvalue weighted by Gasteiger charge is 2.48. The van der Waals surface area contributed by atoms with Gasteiger partial charge >= 0.3 is 0 Å². The van der Waals surface area contributed by atoms with E-state index in [1.807, 2.05) is 12.1 Å². The van der Waals surface area contributed by atoms with Crippen LogP contribution in [-0.2, 0) is 0 Å². The molecule has 0 aromatic carbocycles. The fraction of sp³-hybridized carbons (Fsp3) is 0.533. The molecule has 1 aromatic rings. The number of rotatable bonds is 2. The van der Waals surface area contributed by atoms with E-state index in [0.29, 0.717) is 5.15 Å². The van der Waals surface area contributed by atoms with Crippen LogP contribution in [0.15, 0.2) is 30.1 Å². The zero-order valence-corrected chi connectivity index (χ0v) is 12.2. The van der Waals surface area contributed by atoms with Gasteiger partial charge in [0, 0.05) is 6.54 Å². The first-order chi connectivity index (χ1) is 9.73. The van der Waals surface area contributed by atoms with Gasteiger partial charge < -0.3 is 15.5 Å². The number of hydrogen-bond acceptors (Lipinski definition) is 4.